The number of nitrogens with one attached hydrogen (secondary N) is 2. The molecular weight excluding hydrogens is 312 g/mol. The number of benzene rings is 1. The number of aromatic nitrogens is 2. The van der Waals surface area contributed by atoms with Crippen molar-refractivity contribution in [3.05, 3.63) is 35.0 Å². The van der Waals surface area contributed by atoms with Crippen LogP contribution in [0.15, 0.2) is 24.4 Å². The van der Waals surface area contributed by atoms with E-state index in [0.29, 0.717) is 16.7 Å². The van der Waals surface area contributed by atoms with Crippen LogP contribution in [0.3, 0.4) is 0 Å². The first-order chi connectivity index (χ1) is 11.1. The number of aryl methyl sites for hydroxylation is 1. The predicted molar refractivity (Wildman–Crippen MR) is 96.1 cm³/mol. The Morgan fingerprint density at radius 3 is 2.83 bits per heavy atom. The quantitative estimate of drug-likeness (QED) is 0.679. The van der Waals surface area contributed by atoms with E-state index in [4.69, 9.17) is 16.3 Å². The van der Waals surface area contributed by atoms with Crippen LogP contribution in [0.2, 0.25) is 5.02 Å². The molecule has 0 saturated carbocycles. The molecule has 0 fully saturated rings. The number of unbranched alkanes of at least 4 members (excludes halogenated alkanes) is 2. The minimum Gasteiger partial charge on any atom is -0.495 e. The molecule has 0 radical (unpaired) electrons. The molecule has 23 heavy (non-hydrogen) atoms. The molecule has 6 heteroatoms. The molecule has 124 valence electrons. The van der Waals surface area contributed by atoms with Crippen LogP contribution < -0.4 is 15.4 Å². The number of methoxy groups -OCH3 is 1. The Bertz CT molecular complexity index is 648. The Morgan fingerprint density at radius 1 is 1.26 bits per heavy atom. The van der Waals surface area contributed by atoms with Crippen molar-refractivity contribution in [2.24, 2.45) is 0 Å². The van der Waals surface area contributed by atoms with Crippen molar-refractivity contribution in [2.75, 3.05) is 24.3 Å². The summed E-state index contributed by atoms with van der Waals surface area (Å²) in [7, 11) is 1.61. The number of halogens is 1. The summed E-state index contributed by atoms with van der Waals surface area (Å²) in [6.07, 6.45) is 5.28. The molecule has 0 aliphatic carbocycles. The summed E-state index contributed by atoms with van der Waals surface area (Å²) in [4.78, 5) is 8.73. The third kappa shape index (κ3) is 4.99. The minimum absolute atomic E-state index is 0.519. The van der Waals surface area contributed by atoms with Crippen LogP contribution in [-0.2, 0) is 0 Å². The minimum atomic E-state index is 0.519. The van der Waals surface area contributed by atoms with Gasteiger partial charge in [0, 0.05) is 23.8 Å². The maximum Gasteiger partial charge on any atom is 0.229 e. The van der Waals surface area contributed by atoms with E-state index in [2.05, 4.69) is 27.5 Å². The van der Waals surface area contributed by atoms with Crippen LogP contribution in [0.5, 0.6) is 5.75 Å². The highest BCUT2D eigenvalue weighted by Crippen LogP contribution is 2.32. The van der Waals surface area contributed by atoms with Gasteiger partial charge in [-0.05, 0) is 31.0 Å². The van der Waals surface area contributed by atoms with Gasteiger partial charge in [-0.2, -0.15) is 4.98 Å². The Morgan fingerprint density at radius 2 is 2.09 bits per heavy atom. The van der Waals surface area contributed by atoms with E-state index in [9.17, 15) is 0 Å². The highest BCUT2D eigenvalue weighted by Gasteiger charge is 2.09. The average molecular weight is 335 g/mol. The molecule has 1 aromatic carbocycles. The zero-order valence-electron chi connectivity index (χ0n) is 13.8. The van der Waals surface area contributed by atoms with Gasteiger partial charge in [0.2, 0.25) is 5.95 Å². The fourth-order valence-corrected chi connectivity index (χ4v) is 2.31. The largest absolute Gasteiger partial charge is 0.495 e. The van der Waals surface area contributed by atoms with Crippen molar-refractivity contribution >= 4 is 29.1 Å². The molecule has 1 aromatic heterocycles. The van der Waals surface area contributed by atoms with Gasteiger partial charge in [0.1, 0.15) is 11.6 Å². The van der Waals surface area contributed by atoms with Gasteiger partial charge >= 0.3 is 0 Å². The van der Waals surface area contributed by atoms with Crippen molar-refractivity contribution in [2.45, 2.75) is 33.1 Å². The summed E-state index contributed by atoms with van der Waals surface area (Å²) in [5, 5.41) is 7.17. The summed E-state index contributed by atoms with van der Waals surface area (Å²) in [5.41, 5.74) is 1.75. The summed E-state index contributed by atoms with van der Waals surface area (Å²) in [6, 6.07) is 5.57. The van der Waals surface area contributed by atoms with E-state index in [1.54, 1.807) is 19.4 Å². The highest BCUT2D eigenvalue weighted by atomic mass is 35.5. The number of anilines is 3. The Balaban J connectivity index is 2.10. The van der Waals surface area contributed by atoms with Crippen molar-refractivity contribution < 1.29 is 4.74 Å². The Kier molecular flexibility index (Phi) is 6.47. The molecule has 0 saturated heterocycles. The lowest BCUT2D eigenvalue weighted by molar-refractivity contribution is 0.416. The summed E-state index contributed by atoms with van der Waals surface area (Å²) in [6.45, 7) is 5.04. The van der Waals surface area contributed by atoms with Gasteiger partial charge in [-0.25, -0.2) is 4.98 Å². The normalized spacial score (nSPS) is 10.4. The fourth-order valence-electron chi connectivity index (χ4n) is 2.16. The molecule has 2 aromatic rings. The van der Waals surface area contributed by atoms with Crippen molar-refractivity contribution in [3.8, 4) is 5.75 Å². The molecule has 0 unspecified atom stereocenters. The third-order valence-corrected chi connectivity index (χ3v) is 3.88. The zero-order chi connectivity index (χ0) is 16.7. The van der Waals surface area contributed by atoms with Crippen LogP contribution in [-0.4, -0.2) is 23.6 Å². The van der Waals surface area contributed by atoms with Crippen LogP contribution in [0.25, 0.3) is 0 Å². The van der Waals surface area contributed by atoms with Crippen LogP contribution in [0, 0.1) is 6.92 Å². The number of ether oxygens (including phenoxy) is 1. The first-order valence-electron chi connectivity index (χ1n) is 7.82. The fraction of sp³-hybridized carbons (Fsp3) is 0.412. The monoisotopic (exact) mass is 334 g/mol. The first kappa shape index (κ1) is 17.3. The second kappa shape index (κ2) is 8.58. The number of hydrogen-bond donors (Lipinski definition) is 2. The second-order valence-electron chi connectivity index (χ2n) is 5.33. The maximum absolute atomic E-state index is 6.13. The SMILES string of the molecule is CCCCCNc1ccnc(Nc2cc(C)c(Cl)cc2OC)n1. The van der Waals surface area contributed by atoms with E-state index in [1.165, 1.54) is 12.8 Å². The van der Waals surface area contributed by atoms with Gasteiger partial charge in [0.25, 0.3) is 0 Å². The van der Waals surface area contributed by atoms with E-state index in [1.807, 2.05) is 19.1 Å². The number of rotatable bonds is 8. The van der Waals surface area contributed by atoms with E-state index in [-0.39, 0.29) is 0 Å². The average Bonchev–Trinajstić information content (AvgIpc) is 2.55. The smallest absolute Gasteiger partial charge is 0.229 e. The van der Waals surface area contributed by atoms with E-state index < -0.39 is 0 Å². The summed E-state index contributed by atoms with van der Waals surface area (Å²) >= 11 is 6.13. The van der Waals surface area contributed by atoms with Crippen LogP contribution in [0.4, 0.5) is 17.5 Å². The molecule has 0 aliphatic heterocycles. The number of hydrogen-bond acceptors (Lipinski definition) is 5. The lowest BCUT2D eigenvalue weighted by Crippen LogP contribution is -2.06. The molecule has 0 amide bonds. The lowest BCUT2D eigenvalue weighted by Gasteiger charge is -2.13. The second-order valence-corrected chi connectivity index (χ2v) is 5.73. The predicted octanol–water partition coefficient (Wildman–Crippen LogP) is 4.79. The Hall–Kier alpha value is -2.01. The van der Waals surface area contributed by atoms with Crippen LogP contribution >= 0.6 is 11.6 Å². The maximum atomic E-state index is 6.13. The van der Waals surface area contributed by atoms with E-state index in [0.717, 1.165) is 30.0 Å². The molecule has 2 N–H and O–H groups in total. The third-order valence-electron chi connectivity index (χ3n) is 3.47. The number of nitrogens with zero attached hydrogens (tertiary/aromatic N) is 2. The van der Waals surface area contributed by atoms with Gasteiger partial charge in [-0.15, -0.1) is 0 Å². The van der Waals surface area contributed by atoms with Gasteiger partial charge in [-0.1, -0.05) is 31.4 Å². The summed E-state index contributed by atoms with van der Waals surface area (Å²) in [5.74, 6) is 1.99. The molecule has 0 bridgehead atoms. The highest BCUT2D eigenvalue weighted by molar-refractivity contribution is 6.31. The van der Waals surface area contributed by atoms with Crippen molar-refractivity contribution in [3.63, 3.8) is 0 Å². The molecule has 0 aliphatic rings. The topological polar surface area (TPSA) is 59.1 Å². The molecule has 0 spiro atoms. The molecule has 0 atom stereocenters. The summed E-state index contributed by atoms with van der Waals surface area (Å²) < 4.78 is 5.36. The van der Waals surface area contributed by atoms with Gasteiger partial charge < -0.3 is 15.4 Å². The lowest BCUT2D eigenvalue weighted by atomic mass is 10.2. The Labute approximate surface area is 142 Å². The van der Waals surface area contributed by atoms with Crippen LogP contribution in [0.1, 0.15) is 31.7 Å². The zero-order valence-corrected chi connectivity index (χ0v) is 14.6. The van der Waals surface area contributed by atoms with Crippen molar-refractivity contribution in [1.29, 1.82) is 0 Å². The van der Waals surface area contributed by atoms with Crippen molar-refractivity contribution in [1.82, 2.24) is 9.97 Å². The molecule has 1 heterocycles. The standard InChI is InChI=1S/C17H23ClN4O/c1-4-5-6-8-19-16-7-9-20-17(22-16)21-14-10-12(2)13(18)11-15(14)23-3/h7,9-11H,4-6,8H2,1-3H3,(H2,19,20,21,22). The van der Waals surface area contributed by atoms with Gasteiger partial charge in [0.15, 0.2) is 0 Å². The molecule has 2 rings (SSSR count). The van der Waals surface area contributed by atoms with Gasteiger partial charge in [-0.3, -0.25) is 0 Å². The van der Waals surface area contributed by atoms with Gasteiger partial charge in [0.05, 0.1) is 12.8 Å². The first-order valence-corrected chi connectivity index (χ1v) is 8.20. The van der Waals surface area contributed by atoms with E-state index >= 15 is 0 Å². The molecule has 5 nitrogen and oxygen atoms in total. The molecular formula is C17H23ClN4O.